The van der Waals surface area contributed by atoms with Gasteiger partial charge in [-0.25, -0.2) is 4.79 Å². The summed E-state index contributed by atoms with van der Waals surface area (Å²) in [6, 6.07) is 16.9. The molecule has 1 amide bonds. The Morgan fingerprint density at radius 2 is 1.58 bits per heavy atom. The van der Waals surface area contributed by atoms with E-state index in [-0.39, 0.29) is 28.0 Å². The summed E-state index contributed by atoms with van der Waals surface area (Å²) in [5.41, 5.74) is 1.25. The number of carbonyl (C=O) groups excluding carboxylic acids is 3. The average Bonchev–Trinajstić information content (AvgIpc) is 3.18. The number of amides is 1. The maximum Gasteiger partial charge on any atom is 0.338 e. The molecule has 196 valence electrons. The lowest BCUT2D eigenvalue weighted by atomic mass is 9.94. The van der Waals surface area contributed by atoms with Crippen molar-refractivity contribution in [1.82, 2.24) is 0 Å². The number of halogens is 1. The molecule has 3 aromatic carbocycles. The molecule has 9 heteroatoms. The second kappa shape index (κ2) is 11.0. The Kier molecular flexibility index (Phi) is 7.73. The summed E-state index contributed by atoms with van der Waals surface area (Å²) in [7, 11) is 2.84. The Balaban J connectivity index is 1.88. The quantitative estimate of drug-likeness (QED) is 0.183. The van der Waals surface area contributed by atoms with Gasteiger partial charge in [0, 0.05) is 11.8 Å². The van der Waals surface area contributed by atoms with Crippen molar-refractivity contribution in [3.05, 3.63) is 94.0 Å². The van der Waals surface area contributed by atoms with Crippen LogP contribution in [0.5, 0.6) is 11.5 Å². The Labute approximate surface area is 225 Å². The molecule has 4 rings (SSSR count). The number of Topliss-reactive ketones (excluding diaryl/α,β-unsaturated/α-hetero) is 1. The number of aliphatic hydroxyl groups is 1. The Hall–Kier alpha value is -4.30. The van der Waals surface area contributed by atoms with Gasteiger partial charge in [-0.2, -0.15) is 0 Å². The van der Waals surface area contributed by atoms with Crippen LogP contribution in [-0.2, 0) is 14.3 Å². The van der Waals surface area contributed by atoms with Gasteiger partial charge in [0.2, 0.25) is 0 Å². The highest BCUT2D eigenvalue weighted by atomic mass is 35.5. The molecule has 0 aliphatic carbocycles. The van der Waals surface area contributed by atoms with E-state index < -0.39 is 29.5 Å². The van der Waals surface area contributed by atoms with Gasteiger partial charge in [-0.3, -0.25) is 14.5 Å². The van der Waals surface area contributed by atoms with Gasteiger partial charge in [0.1, 0.15) is 17.3 Å². The Bertz CT molecular complexity index is 1410. The van der Waals surface area contributed by atoms with Crippen LogP contribution in [0.1, 0.15) is 41.4 Å². The molecule has 1 aliphatic rings. The zero-order valence-corrected chi connectivity index (χ0v) is 22.0. The second-order valence-corrected chi connectivity index (χ2v) is 9.17. The highest BCUT2D eigenvalue weighted by Gasteiger charge is 2.47. The number of hydrogen-bond acceptors (Lipinski definition) is 7. The van der Waals surface area contributed by atoms with Crippen LogP contribution < -0.4 is 14.4 Å². The minimum atomic E-state index is -0.963. The minimum absolute atomic E-state index is 0.129. The zero-order valence-electron chi connectivity index (χ0n) is 21.2. The maximum atomic E-state index is 13.4. The van der Waals surface area contributed by atoms with Crippen LogP contribution >= 0.6 is 11.6 Å². The van der Waals surface area contributed by atoms with E-state index in [2.05, 4.69) is 0 Å². The molecule has 0 spiro atoms. The lowest BCUT2D eigenvalue weighted by molar-refractivity contribution is -0.132. The number of aliphatic hydroxyl groups excluding tert-OH is 1. The predicted octanol–water partition coefficient (Wildman–Crippen LogP) is 5.55. The largest absolute Gasteiger partial charge is 0.507 e. The molecule has 1 atom stereocenters. The standard InChI is InChI=1S/C29H26ClNO7/c1-16(2)38-29(35)18-10-12-19(13-11-18)31-25(17-8-6-5-7-9-17)24(27(33)28(31)34)26(32)20-14-21(30)23(37-4)15-22(20)36-3/h5-16,25,32H,1-4H3/b26-24+. The molecule has 0 saturated carbocycles. The monoisotopic (exact) mass is 535 g/mol. The minimum Gasteiger partial charge on any atom is -0.507 e. The molecule has 1 aliphatic heterocycles. The lowest BCUT2D eigenvalue weighted by Crippen LogP contribution is -2.29. The zero-order chi connectivity index (χ0) is 27.6. The molecule has 38 heavy (non-hydrogen) atoms. The number of methoxy groups -OCH3 is 2. The first-order valence-electron chi connectivity index (χ1n) is 11.8. The molecule has 3 aromatic rings. The van der Waals surface area contributed by atoms with Crippen LogP contribution in [0.4, 0.5) is 5.69 Å². The van der Waals surface area contributed by atoms with Gasteiger partial charge in [-0.1, -0.05) is 41.9 Å². The number of hydrogen-bond donors (Lipinski definition) is 1. The summed E-state index contributed by atoms with van der Waals surface area (Å²) in [5, 5.41) is 11.6. The SMILES string of the molecule is COc1cc(OC)c(/C(O)=C2\C(=O)C(=O)N(c3ccc(C(=O)OC(C)C)cc3)C2c2ccccc2)cc1Cl. The molecule has 1 unspecified atom stereocenters. The molecule has 8 nitrogen and oxygen atoms in total. The summed E-state index contributed by atoms with van der Waals surface area (Å²) >= 11 is 6.31. The summed E-state index contributed by atoms with van der Waals surface area (Å²) in [6.07, 6.45) is -0.290. The fraction of sp³-hybridized carbons (Fsp3) is 0.207. The summed E-state index contributed by atoms with van der Waals surface area (Å²) in [6.45, 7) is 3.49. The highest BCUT2D eigenvalue weighted by molar-refractivity contribution is 6.51. The predicted molar refractivity (Wildman–Crippen MR) is 143 cm³/mol. The number of ether oxygens (including phenoxy) is 3. The van der Waals surface area contributed by atoms with E-state index in [4.69, 9.17) is 25.8 Å². The molecular weight excluding hydrogens is 510 g/mol. The fourth-order valence-corrected chi connectivity index (χ4v) is 4.52. The third-order valence-corrected chi connectivity index (χ3v) is 6.31. The van der Waals surface area contributed by atoms with Crippen molar-refractivity contribution in [2.24, 2.45) is 0 Å². The van der Waals surface area contributed by atoms with E-state index in [0.717, 1.165) is 0 Å². The Morgan fingerprint density at radius 3 is 2.16 bits per heavy atom. The van der Waals surface area contributed by atoms with Crippen LogP contribution in [0.25, 0.3) is 5.76 Å². The number of esters is 1. The molecule has 1 N–H and O–H groups in total. The van der Waals surface area contributed by atoms with Crippen LogP contribution in [-0.4, -0.2) is 43.1 Å². The number of benzene rings is 3. The van der Waals surface area contributed by atoms with E-state index in [1.165, 1.54) is 43.4 Å². The Morgan fingerprint density at radius 1 is 0.947 bits per heavy atom. The fourth-order valence-electron chi connectivity index (χ4n) is 4.28. The lowest BCUT2D eigenvalue weighted by Gasteiger charge is -2.25. The van der Waals surface area contributed by atoms with Gasteiger partial charge in [-0.15, -0.1) is 0 Å². The maximum absolute atomic E-state index is 13.4. The van der Waals surface area contributed by atoms with Crippen molar-refractivity contribution < 1.29 is 33.7 Å². The first-order chi connectivity index (χ1) is 18.2. The average molecular weight is 536 g/mol. The topological polar surface area (TPSA) is 102 Å². The van der Waals surface area contributed by atoms with Crippen molar-refractivity contribution >= 4 is 40.7 Å². The number of nitrogens with zero attached hydrogens (tertiary/aromatic N) is 1. The first kappa shape index (κ1) is 26.8. The van der Waals surface area contributed by atoms with E-state index in [0.29, 0.717) is 22.6 Å². The van der Waals surface area contributed by atoms with Gasteiger partial charge in [0.25, 0.3) is 11.7 Å². The van der Waals surface area contributed by atoms with E-state index >= 15 is 0 Å². The van der Waals surface area contributed by atoms with Gasteiger partial charge in [0.15, 0.2) is 0 Å². The molecule has 1 saturated heterocycles. The third-order valence-electron chi connectivity index (χ3n) is 6.01. The summed E-state index contributed by atoms with van der Waals surface area (Å²) in [5.74, 6) is -2.15. The third kappa shape index (κ3) is 4.95. The van der Waals surface area contributed by atoms with E-state index in [1.807, 2.05) is 0 Å². The number of ketones is 1. The molecule has 0 radical (unpaired) electrons. The molecule has 1 fully saturated rings. The number of anilines is 1. The van der Waals surface area contributed by atoms with Crippen molar-refractivity contribution in [3.63, 3.8) is 0 Å². The normalized spacial score (nSPS) is 16.6. The van der Waals surface area contributed by atoms with Crippen molar-refractivity contribution in [2.75, 3.05) is 19.1 Å². The van der Waals surface area contributed by atoms with Crippen LogP contribution in [0, 0.1) is 0 Å². The van der Waals surface area contributed by atoms with E-state index in [1.54, 1.807) is 56.3 Å². The summed E-state index contributed by atoms with van der Waals surface area (Å²) in [4.78, 5) is 40.4. The summed E-state index contributed by atoms with van der Waals surface area (Å²) < 4.78 is 15.9. The van der Waals surface area contributed by atoms with Crippen LogP contribution in [0.2, 0.25) is 5.02 Å². The van der Waals surface area contributed by atoms with Gasteiger partial charge < -0.3 is 19.3 Å². The highest BCUT2D eigenvalue weighted by Crippen LogP contribution is 2.44. The molecule has 1 heterocycles. The van der Waals surface area contributed by atoms with Crippen molar-refractivity contribution in [3.8, 4) is 11.5 Å². The van der Waals surface area contributed by atoms with Gasteiger partial charge >= 0.3 is 5.97 Å². The number of rotatable bonds is 7. The first-order valence-corrected chi connectivity index (χ1v) is 12.1. The molecule has 0 bridgehead atoms. The van der Waals surface area contributed by atoms with Crippen molar-refractivity contribution in [2.45, 2.75) is 26.0 Å². The van der Waals surface area contributed by atoms with Gasteiger partial charge in [0.05, 0.1) is 48.1 Å². The van der Waals surface area contributed by atoms with Crippen LogP contribution in [0.15, 0.2) is 72.3 Å². The van der Waals surface area contributed by atoms with Crippen molar-refractivity contribution in [1.29, 1.82) is 0 Å². The molecule has 0 aromatic heterocycles. The second-order valence-electron chi connectivity index (χ2n) is 8.77. The smallest absolute Gasteiger partial charge is 0.338 e. The van der Waals surface area contributed by atoms with E-state index in [9.17, 15) is 19.5 Å². The van der Waals surface area contributed by atoms with Gasteiger partial charge in [-0.05, 0) is 49.7 Å². The van der Waals surface area contributed by atoms with Crippen LogP contribution in [0.3, 0.4) is 0 Å². The number of carbonyl (C=O) groups is 3. The molecular formula is C29H26ClNO7.